The molecular weight excluding hydrogens is 262 g/mol. The predicted molar refractivity (Wildman–Crippen MR) is 72.5 cm³/mol. The van der Waals surface area contributed by atoms with E-state index in [9.17, 15) is 13.9 Å². The van der Waals surface area contributed by atoms with Crippen molar-refractivity contribution in [3.8, 4) is 5.75 Å². The van der Waals surface area contributed by atoms with E-state index in [1.54, 1.807) is 13.0 Å². The molecule has 20 heavy (non-hydrogen) atoms. The molecule has 0 saturated carbocycles. The van der Waals surface area contributed by atoms with Crippen LogP contribution in [0.2, 0.25) is 0 Å². The number of aliphatic hydroxyl groups is 1. The molecule has 1 atom stereocenters. The van der Waals surface area contributed by atoms with E-state index < -0.39 is 17.7 Å². The molecule has 2 nitrogen and oxygen atoms in total. The quantitative estimate of drug-likeness (QED) is 0.919. The summed E-state index contributed by atoms with van der Waals surface area (Å²) in [6, 6.07) is 9.11. The van der Waals surface area contributed by atoms with Crippen molar-refractivity contribution in [2.75, 3.05) is 0 Å². The number of rotatable bonds is 4. The summed E-state index contributed by atoms with van der Waals surface area (Å²) in [5, 5.41) is 9.72. The van der Waals surface area contributed by atoms with Gasteiger partial charge in [-0.2, -0.15) is 0 Å². The Bertz CT molecular complexity index is 609. The Balaban J connectivity index is 2.16. The second kappa shape index (κ2) is 6.01. The third-order valence-electron chi connectivity index (χ3n) is 2.99. The summed E-state index contributed by atoms with van der Waals surface area (Å²) < 4.78 is 31.5. The fraction of sp³-hybridized carbons (Fsp3) is 0.250. The smallest absolute Gasteiger partial charge is 0.159 e. The van der Waals surface area contributed by atoms with E-state index in [0.29, 0.717) is 16.9 Å². The van der Waals surface area contributed by atoms with Crippen molar-refractivity contribution in [2.45, 2.75) is 26.6 Å². The van der Waals surface area contributed by atoms with Gasteiger partial charge in [0.25, 0.3) is 0 Å². The van der Waals surface area contributed by atoms with Crippen LogP contribution in [0.5, 0.6) is 5.75 Å². The molecular formula is C16H16F2O2. The van der Waals surface area contributed by atoms with Crippen LogP contribution in [0, 0.1) is 18.6 Å². The number of aryl methyl sites for hydroxylation is 1. The van der Waals surface area contributed by atoms with Crippen molar-refractivity contribution in [3.05, 3.63) is 64.7 Å². The van der Waals surface area contributed by atoms with E-state index in [2.05, 4.69) is 0 Å². The van der Waals surface area contributed by atoms with Gasteiger partial charge in [-0.15, -0.1) is 0 Å². The van der Waals surface area contributed by atoms with E-state index in [0.717, 1.165) is 17.7 Å². The molecule has 0 bridgehead atoms. The molecule has 2 aromatic carbocycles. The minimum atomic E-state index is -0.897. The lowest BCUT2D eigenvalue weighted by molar-refractivity contribution is 0.190. The van der Waals surface area contributed by atoms with E-state index in [1.165, 1.54) is 6.07 Å². The van der Waals surface area contributed by atoms with Crippen molar-refractivity contribution in [3.63, 3.8) is 0 Å². The van der Waals surface area contributed by atoms with Gasteiger partial charge >= 0.3 is 0 Å². The highest BCUT2D eigenvalue weighted by molar-refractivity contribution is 5.38. The number of ether oxygens (including phenoxy) is 1. The van der Waals surface area contributed by atoms with Gasteiger partial charge in [0.15, 0.2) is 11.6 Å². The first kappa shape index (κ1) is 14.5. The van der Waals surface area contributed by atoms with Crippen molar-refractivity contribution < 1.29 is 18.6 Å². The third kappa shape index (κ3) is 3.33. The van der Waals surface area contributed by atoms with E-state index in [1.807, 2.05) is 19.1 Å². The first-order chi connectivity index (χ1) is 9.47. The van der Waals surface area contributed by atoms with E-state index >= 15 is 0 Å². The van der Waals surface area contributed by atoms with Crippen molar-refractivity contribution in [2.24, 2.45) is 0 Å². The van der Waals surface area contributed by atoms with Crippen LogP contribution in [-0.2, 0) is 6.61 Å². The van der Waals surface area contributed by atoms with Crippen molar-refractivity contribution in [1.29, 1.82) is 0 Å². The summed E-state index contributed by atoms with van der Waals surface area (Å²) in [5.74, 6) is -1.24. The van der Waals surface area contributed by atoms with Crippen LogP contribution in [0.3, 0.4) is 0 Å². The van der Waals surface area contributed by atoms with Crippen LogP contribution in [0.4, 0.5) is 8.78 Å². The van der Waals surface area contributed by atoms with Gasteiger partial charge in [-0.25, -0.2) is 8.78 Å². The summed E-state index contributed by atoms with van der Waals surface area (Å²) in [7, 11) is 0. The Morgan fingerprint density at radius 2 is 1.85 bits per heavy atom. The standard InChI is InChI=1S/C16H16F2O2/c1-10-3-6-16(13(7-10)11(2)19)20-9-12-4-5-14(17)15(18)8-12/h3-8,11,19H,9H2,1-2H3. The summed E-state index contributed by atoms with van der Waals surface area (Å²) in [6.07, 6.45) is -0.658. The lowest BCUT2D eigenvalue weighted by Gasteiger charge is -2.14. The molecule has 0 heterocycles. The SMILES string of the molecule is Cc1ccc(OCc2ccc(F)c(F)c2)c(C(C)O)c1. The number of halogens is 2. The van der Waals surface area contributed by atoms with Gasteiger partial charge in [0, 0.05) is 5.56 Å². The van der Waals surface area contributed by atoms with Gasteiger partial charge in [0.2, 0.25) is 0 Å². The highest BCUT2D eigenvalue weighted by Crippen LogP contribution is 2.27. The minimum Gasteiger partial charge on any atom is -0.489 e. The summed E-state index contributed by atoms with van der Waals surface area (Å²) in [6.45, 7) is 3.68. The minimum absolute atomic E-state index is 0.111. The molecule has 0 fully saturated rings. The van der Waals surface area contributed by atoms with Crippen LogP contribution in [0.15, 0.2) is 36.4 Å². The van der Waals surface area contributed by atoms with Crippen molar-refractivity contribution in [1.82, 2.24) is 0 Å². The van der Waals surface area contributed by atoms with Crippen LogP contribution < -0.4 is 4.74 Å². The zero-order valence-electron chi connectivity index (χ0n) is 11.4. The molecule has 0 spiro atoms. The second-order valence-electron chi connectivity index (χ2n) is 4.75. The predicted octanol–water partition coefficient (Wildman–Crippen LogP) is 3.91. The second-order valence-corrected chi connectivity index (χ2v) is 4.75. The Labute approximate surface area is 116 Å². The molecule has 2 aromatic rings. The highest BCUT2D eigenvalue weighted by Gasteiger charge is 2.10. The molecule has 0 aliphatic carbocycles. The molecule has 0 aliphatic rings. The maximum absolute atomic E-state index is 13.1. The number of aliphatic hydroxyl groups excluding tert-OH is 1. The lowest BCUT2D eigenvalue weighted by atomic mass is 10.1. The summed E-state index contributed by atoms with van der Waals surface area (Å²) in [4.78, 5) is 0. The highest BCUT2D eigenvalue weighted by atomic mass is 19.2. The molecule has 0 radical (unpaired) electrons. The topological polar surface area (TPSA) is 29.5 Å². The molecule has 0 amide bonds. The molecule has 106 valence electrons. The Morgan fingerprint density at radius 1 is 1.10 bits per heavy atom. The molecule has 0 saturated heterocycles. The first-order valence-corrected chi connectivity index (χ1v) is 6.32. The molecule has 1 N–H and O–H groups in total. The van der Waals surface area contributed by atoms with Crippen LogP contribution in [0.25, 0.3) is 0 Å². The monoisotopic (exact) mass is 278 g/mol. The van der Waals surface area contributed by atoms with Crippen molar-refractivity contribution >= 4 is 0 Å². The van der Waals surface area contributed by atoms with Gasteiger partial charge < -0.3 is 9.84 Å². The van der Waals surface area contributed by atoms with Gasteiger partial charge in [0.05, 0.1) is 6.10 Å². The lowest BCUT2D eigenvalue weighted by Crippen LogP contribution is -2.02. The van der Waals surface area contributed by atoms with Gasteiger partial charge in [-0.3, -0.25) is 0 Å². The Hall–Kier alpha value is -1.94. The summed E-state index contributed by atoms with van der Waals surface area (Å²) >= 11 is 0. The molecule has 0 aromatic heterocycles. The number of hydrogen-bond donors (Lipinski definition) is 1. The molecule has 2 rings (SSSR count). The maximum Gasteiger partial charge on any atom is 0.159 e. The summed E-state index contributed by atoms with van der Waals surface area (Å²) in [5.41, 5.74) is 2.22. The van der Waals surface area contributed by atoms with Crippen LogP contribution in [0.1, 0.15) is 29.7 Å². The zero-order chi connectivity index (χ0) is 14.7. The third-order valence-corrected chi connectivity index (χ3v) is 2.99. The fourth-order valence-corrected chi connectivity index (χ4v) is 1.92. The Morgan fingerprint density at radius 3 is 2.50 bits per heavy atom. The fourth-order valence-electron chi connectivity index (χ4n) is 1.92. The first-order valence-electron chi connectivity index (χ1n) is 6.32. The van der Waals surface area contributed by atoms with E-state index in [4.69, 9.17) is 4.74 Å². The van der Waals surface area contributed by atoms with E-state index in [-0.39, 0.29) is 6.61 Å². The normalized spacial score (nSPS) is 12.2. The van der Waals surface area contributed by atoms with Gasteiger partial charge in [-0.1, -0.05) is 17.7 Å². The van der Waals surface area contributed by atoms with Crippen LogP contribution >= 0.6 is 0 Å². The molecule has 0 aliphatic heterocycles. The zero-order valence-corrected chi connectivity index (χ0v) is 11.4. The van der Waals surface area contributed by atoms with Gasteiger partial charge in [0.1, 0.15) is 12.4 Å². The van der Waals surface area contributed by atoms with Crippen LogP contribution in [-0.4, -0.2) is 5.11 Å². The van der Waals surface area contributed by atoms with Gasteiger partial charge in [-0.05, 0) is 43.7 Å². The average molecular weight is 278 g/mol. The molecule has 4 heteroatoms. The largest absolute Gasteiger partial charge is 0.489 e. The Kier molecular flexibility index (Phi) is 4.35. The number of hydrogen-bond acceptors (Lipinski definition) is 2. The maximum atomic E-state index is 13.1. The average Bonchev–Trinajstić information content (AvgIpc) is 2.41. The number of benzene rings is 2. The molecule has 1 unspecified atom stereocenters.